The Balaban J connectivity index is 0.000000244. The summed E-state index contributed by atoms with van der Waals surface area (Å²) in [6.45, 7) is 8.73. The predicted molar refractivity (Wildman–Crippen MR) is 143 cm³/mol. The molecule has 3 fully saturated rings. The van der Waals surface area contributed by atoms with Gasteiger partial charge in [-0.15, -0.1) is 0 Å². The number of hydrogen-bond donors (Lipinski definition) is 3. The van der Waals surface area contributed by atoms with Crippen molar-refractivity contribution < 1.29 is 39.1 Å². The van der Waals surface area contributed by atoms with Gasteiger partial charge >= 0.3 is 5.97 Å². The summed E-state index contributed by atoms with van der Waals surface area (Å²) in [5, 5.41) is 24.0. The van der Waals surface area contributed by atoms with Gasteiger partial charge in [0, 0.05) is 19.1 Å². The van der Waals surface area contributed by atoms with Crippen molar-refractivity contribution in [3.05, 3.63) is 47.6 Å². The van der Waals surface area contributed by atoms with Crippen LogP contribution in [0.1, 0.15) is 58.4 Å². The van der Waals surface area contributed by atoms with Gasteiger partial charge in [0.1, 0.15) is 12.4 Å². The molecule has 0 radical (unpaired) electrons. The van der Waals surface area contributed by atoms with E-state index in [1.807, 2.05) is 0 Å². The molecule has 3 aliphatic rings. The summed E-state index contributed by atoms with van der Waals surface area (Å²) in [5.74, 6) is 0.353. The SMILES string of the molecule is CC(C)=CCC1OC1(C)C1CCCCC12CO2.CO.O=C(O)/C=C/c1ccc(OCCOCCO)cc1. The minimum absolute atomic E-state index is 0.00457. The molecule has 1 saturated carbocycles. The molecule has 8 nitrogen and oxygen atoms in total. The van der Waals surface area contributed by atoms with Crippen molar-refractivity contribution in [1.82, 2.24) is 0 Å². The number of aliphatic carboxylic acids is 1. The zero-order chi connectivity index (χ0) is 27.3. The van der Waals surface area contributed by atoms with Crippen LogP contribution in [0, 0.1) is 5.92 Å². The molecule has 2 heterocycles. The lowest BCUT2D eigenvalue weighted by atomic mass is 9.71. The van der Waals surface area contributed by atoms with E-state index in [4.69, 9.17) is 34.3 Å². The number of benzene rings is 1. The molecule has 37 heavy (non-hydrogen) atoms. The highest BCUT2D eigenvalue weighted by atomic mass is 16.6. The Hall–Kier alpha value is -2.23. The summed E-state index contributed by atoms with van der Waals surface area (Å²) in [4.78, 5) is 10.3. The van der Waals surface area contributed by atoms with Crippen LogP contribution in [-0.4, -0.2) is 78.7 Å². The quantitative estimate of drug-likeness (QED) is 0.171. The van der Waals surface area contributed by atoms with Gasteiger partial charge in [-0.2, -0.15) is 0 Å². The van der Waals surface area contributed by atoms with Crippen LogP contribution in [0.25, 0.3) is 6.08 Å². The van der Waals surface area contributed by atoms with Crippen LogP contribution in [0.4, 0.5) is 0 Å². The van der Waals surface area contributed by atoms with Crippen molar-refractivity contribution in [1.29, 1.82) is 0 Å². The second kappa shape index (κ2) is 15.2. The number of aliphatic hydroxyl groups is 2. The van der Waals surface area contributed by atoms with Crippen molar-refractivity contribution in [2.75, 3.05) is 40.1 Å². The van der Waals surface area contributed by atoms with Crippen LogP contribution >= 0.6 is 0 Å². The molecule has 0 amide bonds. The van der Waals surface area contributed by atoms with E-state index in [9.17, 15) is 4.79 Å². The zero-order valence-electron chi connectivity index (χ0n) is 22.7. The summed E-state index contributed by atoms with van der Waals surface area (Å²) >= 11 is 0. The second-order valence-electron chi connectivity index (χ2n) is 9.88. The molecule has 1 spiro atoms. The van der Waals surface area contributed by atoms with Crippen molar-refractivity contribution in [2.45, 2.75) is 70.2 Å². The molecule has 4 unspecified atom stereocenters. The van der Waals surface area contributed by atoms with Gasteiger partial charge in [-0.25, -0.2) is 4.79 Å². The van der Waals surface area contributed by atoms with Gasteiger partial charge in [-0.1, -0.05) is 36.6 Å². The third-order valence-electron chi connectivity index (χ3n) is 6.93. The number of rotatable bonds is 11. The van der Waals surface area contributed by atoms with E-state index in [-0.39, 0.29) is 17.8 Å². The molecular weight excluding hydrogens is 476 g/mol. The fraction of sp³-hybridized carbons (Fsp3) is 0.621. The highest BCUT2D eigenvalue weighted by Gasteiger charge is 2.67. The van der Waals surface area contributed by atoms with Gasteiger partial charge in [0.2, 0.25) is 0 Å². The number of allylic oxidation sites excluding steroid dienone is 1. The van der Waals surface area contributed by atoms with E-state index in [1.165, 1.54) is 37.3 Å². The maximum Gasteiger partial charge on any atom is 0.328 e. The van der Waals surface area contributed by atoms with E-state index in [1.54, 1.807) is 24.3 Å². The number of hydrogen-bond acceptors (Lipinski definition) is 7. The molecule has 4 rings (SSSR count). The molecule has 1 aliphatic carbocycles. The lowest BCUT2D eigenvalue weighted by molar-refractivity contribution is -0.131. The molecule has 8 heteroatoms. The van der Waals surface area contributed by atoms with Crippen LogP contribution in [0.2, 0.25) is 0 Å². The largest absolute Gasteiger partial charge is 0.491 e. The standard InChI is InChI=1S/C15H24O2.C13H16O5.CH4O/c1-11(2)7-8-13-14(3,17-13)12-6-4-5-9-15(12)10-16-15;14-7-8-17-9-10-18-12-4-1-11(2-5-12)3-6-13(15)16;1-2/h7,12-13H,4-6,8-10H2,1-3H3;1-6,14H,7-10H2,(H,15,16);2H,1H3/b;6-3+;. The summed E-state index contributed by atoms with van der Waals surface area (Å²) in [6, 6.07) is 7.05. The van der Waals surface area contributed by atoms with Gasteiger partial charge in [0.05, 0.1) is 43.7 Å². The summed E-state index contributed by atoms with van der Waals surface area (Å²) < 4.78 is 22.3. The van der Waals surface area contributed by atoms with Gasteiger partial charge in [0.15, 0.2) is 0 Å². The highest BCUT2D eigenvalue weighted by molar-refractivity contribution is 5.85. The van der Waals surface area contributed by atoms with Gasteiger partial charge in [0.25, 0.3) is 0 Å². The van der Waals surface area contributed by atoms with Crippen molar-refractivity contribution in [2.24, 2.45) is 5.92 Å². The molecule has 1 aromatic rings. The predicted octanol–water partition coefficient (Wildman–Crippen LogP) is 4.24. The maximum atomic E-state index is 10.3. The molecule has 3 N–H and O–H groups in total. The molecular formula is C29H44O8. The van der Waals surface area contributed by atoms with Crippen LogP contribution in [0.15, 0.2) is 42.0 Å². The van der Waals surface area contributed by atoms with Crippen LogP contribution in [0.3, 0.4) is 0 Å². The Morgan fingerprint density at radius 1 is 1.14 bits per heavy atom. The minimum atomic E-state index is -0.976. The van der Waals surface area contributed by atoms with Crippen LogP contribution in [0.5, 0.6) is 5.75 Å². The first-order valence-electron chi connectivity index (χ1n) is 13.0. The van der Waals surface area contributed by atoms with Gasteiger partial charge < -0.3 is 34.3 Å². The highest BCUT2D eigenvalue weighted by Crippen LogP contribution is 2.58. The lowest BCUT2D eigenvalue weighted by Crippen LogP contribution is -2.39. The van der Waals surface area contributed by atoms with Crippen molar-refractivity contribution >= 4 is 12.0 Å². The third-order valence-corrected chi connectivity index (χ3v) is 6.93. The molecule has 4 atom stereocenters. The van der Waals surface area contributed by atoms with E-state index in [2.05, 4.69) is 26.8 Å². The molecule has 0 bridgehead atoms. The fourth-order valence-corrected chi connectivity index (χ4v) is 4.89. The first kappa shape index (κ1) is 31.0. The zero-order valence-corrected chi connectivity index (χ0v) is 22.7. The molecule has 1 aromatic carbocycles. The number of carboxylic acid groups (broad SMARTS) is 1. The summed E-state index contributed by atoms with van der Waals surface area (Å²) in [5.41, 5.74) is 2.50. The fourth-order valence-electron chi connectivity index (χ4n) is 4.89. The van der Waals surface area contributed by atoms with Crippen LogP contribution in [-0.2, 0) is 19.0 Å². The van der Waals surface area contributed by atoms with E-state index in [0.29, 0.717) is 37.6 Å². The lowest BCUT2D eigenvalue weighted by Gasteiger charge is -2.32. The molecule has 0 aromatic heterocycles. The maximum absolute atomic E-state index is 10.3. The monoisotopic (exact) mass is 520 g/mol. The average molecular weight is 521 g/mol. The number of aliphatic hydroxyl groups excluding tert-OH is 2. The van der Waals surface area contributed by atoms with Gasteiger partial charge in [-0.05, 0) is 63.8 Å². The summed E-state index contributed by atoms with van der Waals surface area (Å²) in [7, 11) is 1.00. The first-order valence-corrected chi connectivity index (χ1v) is 13.0. The smallest absolute Gasteiger partial charge is 0.328 e. The Morgan fingerprint density at radius 2 is 1.84 bits per heavy atom. The number of carbonyl (C=O) groups is 1. The number of epoxide rings is 2. The third kappa shape index (κ3) is 9.87. The Kier molecular flexibility index (Phi) is 12.8. The van der Waals surface area contributed by atoms with Gasteiger partial charge in [-0.3, -0.25) is 0 Å². The van der Waals surface area contributed by atoms with E-state index < -0.39 is 5.97 Å². The molecule has 208 valence electrons. The second-order valence-corrected chi connectivity index (χ2v) is 9.88. The Morgan fingerprint density at radius 3 is 2.43 bits per heavy atom. The Labute approximate surface area is 220 Å². The van der Waals surface area contributed by atoms with Crippen molar-refractivity contribution in [3.63, 3.8) is 0 Å². The average Bonchev–Trinajstić information content (AvgIpc) is 3.81. The minimum Gasteiger partial charge on any atom is -0.491 e. The summed E-state index contributed by atoms with van der Waals surface area (Å²) in [6.07, 6.45) is 11.6. The van der Waals surface area contributed by atoms with Crippen molar-refractivity contribution in [3.8, 4) is 5.75 Å². The molecule has 2 saturated heterocycles. The van der Waals surface area contributed by atoms with E-state index >= 15 is 0 Å². The number of ether oxygens (including phenoxy) is 4. The topological polar surface area (TPSA) is 121 Å². The normalized spacial score (nSPS) is 27.4. The van der Waals surface area contributed by atoms with Crippen LogP contribution < -0.4 is 4.74 Å². The first-order chi connectivity index (χ1) is 17.8. The Bertz CT molecular complexity index is 870. The number of carboxylic acids is 1. The van der Waals surface area contributed by atoms with E-state index in [0.717, 1.165) is 31.8 Å². The molecule has 2 aliphatic heterocycles.